The van der Waals surface area contributed by atoms with Gasteiger partial charge < -0.3 is 5.11 Å². The molecule has 0 bridgehead atoms. The molecule has 0 amide bonds. The molecular formula is C9H11F9O. The van der Waals surface area contributed by atoms with Crippen molar-refractivity contribution < 1.29 is 44.6 Å². The van der Waals surface area contributed by atoms with Crippen LogP contribution in [0.4, 0.5) is 39.5 Å². The van der Waals surface area contributed by atoms with Crippen LogP contribution < -0.4 is 0 Å². The summed E-state index contributed by atoms with van der Waals surface area (Å²) in [6.45, 7) is 1.39. The van der Waals surface area contributed by atoms with E-state index < -0.39 is 36.5 Å². The fourth-order valence-corrected chi connectivity index (χ4v) is 1.16. The van der Waals surface area contributed by atoms with Crippen LogP contribution in [0.2, 0.25) is 0 Å². The molecule has 0 aromatic carbocycles. The zero-order valence-corrected chi connectivity index (χ0v) is 9.55. The van der Waals surface area contributed by atoms with Gasteiger partial charge in [0, 0.05) is 0 Å². The summed E-state index contributed by atoms with van der Waals surface area (Å²) in [6, 6.07) is 0. The van der Waals surface area contributed by atoms with Crippen LogP contribution in [0.5, 0.6) is 0 Å². The highest BCUT2D eigenvalue weighted by molar-refractivity contribution is 5.03. The summed E-state index contributed by atoms with van der Waals surface area (Å²) in [5.74, 6) is -19.6. The van der Waals surface area contributed by atoms with Crippen molar-refractivity contribution >= 4 is 0 Å². The van der Waals surface area contributed by atoms with Crippen LogP contribution in [0.25, 0.3) is 0 Å². The van der Waals surface area contributed by atoms with Crippen molar-refractivity contribution in [3.8, 4) is 0 Å². The van der Waals surface area contributed by atoms with Crippen LogP contribution in [-0.4, -0.2) is 35.2 Å². The van der Waals surface area contributed by atoms with Gasteiger partial charge in [0.1, 0.15) is 0 Å². The van der Waals surface area contributed by atoms with Crippen LogP contribution in [0.1, 0.15) is 26.2 Å². The van der Waals surface area contributed by atoms with Crippen molar-refractivity contribution in [2.45, 2.75) is 56.2 Å². The molecule has 0 saturated heterocycles. The highest BCUT2D eigenvalue weighted by atomic mass is 19.4. The third-order valence-electron chi connectivity index (χ3n) is 2.40. The molecule has 116 valence electrons. The maximum absolute atomic E-state index is 12.9. The molecule has 0 aliphatic heterocycles. The smallest absolute Gasteiger partial charge is 0.331 e. The van der Waals surface area contributed by atoms with E-state index in [9.17, 15) is 39.5 Å². The molecule has 0 rings (SSSR count). The largest absolute Gasteiger partial charge is 0.423 e. The van der Waals surface area contributed by atoms with Crippen LogP contribution in [0, 0.1) is 0 Å². The number of unbranched alkanes of at least 4 members (excludes halogenated alkanes) is 1. The molecule has 0 aromatic rings. The second-order valence-corrected chi connectivity index (χ2v) is 3.92. The average molecular weight is 306 g/mol. The first-order chi connectivity index (χ1) is 8.23. The number of hydrogen-bond acceptors (Lipinski definition) is 1. The minimum atomic E-state index is -6.81. The van der Waals surface area contributed by atoms with Crippen molar-refractivity contribution in [1.82, 2.24) is 0 Å². The predicted octanol–water partition coefficient (Wildman–Crippen LogP) is 4.01. The highest BCUT2D eigenvalue weighted by Gasteiger charge is 2.82. The SMILES string of the molecule is CCCCC(F)C(F)(F)C(F)(F)C(F)(F)C(O)(F)F. The Labute approximate surface area is 102 Å². The van der Waals surface area contributed by atoms with Crippen molar-refractivity contribution in [2.75, 3.05) is 0 Å². The molecule has 1 unspecified atom stereocenters. The third kappa shape index (κ3) is 3.09. The quantitative estimate of drug-likeness (QED) is 0.705. The molecule has 10 heteroatoms. The summed E-state index contributed by atoms with van der Waals surface area (Å²) in [7, 11) is 0. The molecule has 0 radical (unpaired) electrons. The lowest BCUT2D eigenvalue weighted by Crippen LogP contribution is -2.64. The lowest BCUT2D eigenvalue weighted by molar-refractivity contribution is -0.422. The first-order valence-electron chi connectivity index (χ1n) is 5.11. The minimum absolute atomic E-state index is 0.106. The van der Waals surface area contributed by atoms with Crippen molar-refractivity contribution in [2.24, 2.45) is 0 Å². The normalized spacial score (nSPS) is 16.6. The molecule has 0 spiro atoms. The molecule has 0 aliphatic rings. The maximum atomic E-state index is 12.9. The van der Waals surface area contributed by atoms with Gasteiger partial charge in [-0.15, -0.1) is 0 Å². The molecule has 1 atom stereocenters. The Bertz CT molecular complexity index is 297. The number of hydrogen-bond donors (Lipinski definition) is 1. The number of aliphatic hydroxyl groups is 1. The topological polar surface area (TPSA) is 20.2 Å². The van der Waals surface area contributed by atoms with E-state index in [1.165, 1.54) is 6.92 Å². The predicted molar refractivity (Wildman–Crippen MR) is 46.4 cm³/mol. The summed E-state index contributed by atoms with van der Waals surface area (Å²) < 4.78 is 113. The lowest BCUT2D eigenvalue weighted by Gasteiger charge is -2.35. The summed E-state index contributed by atoms with van der Waals surface area (Å²) in [5.41, 5.74) is 0. The van der Waals surface area contributed by atoms with Gasteiger partial charge in [-0.1, -0.05) is 19.8 Å². The van der Waals surface area contributed by atoms with E-state index in [4.69, 9.17) is 5.11 Å². The van der Waals surface area contributed by atoms with Gasteiger partial charge in [-0.3, -0.25) is 0 Å². The Hall–Kier alpha value is -0.670. The van der Waals surface area contributed by atoms with Gasteiger partial charge in [0.15, 0.2) is 6.17 Å². The fourth-order valence-electron chi connectivity index (χ4n) is 1.16. The van der Waals surface area contributed by atoms with E-state index in [-0.39, 0.29) is 12.8 Å². The second kappa shape index (κ2) is 5.37. The standard InChI is InChI=1S/C9H11F9O/c1-2-3-4-5(10)6(11,12)7(13,14)8(15,16)9(17,18)19/h5,19H,2-4H2,1H3. The van der Waals surface area contributed by atoms with Crippen LogP contribution >= 0.6 is 0 Å². The Morgan fingerprint density at radius 3 is 1.63 bits per heavy atom. The van der Waals surface area contributed by atoms with E-state index in [1.54, 1.807) is 0 Å². The minimum Gasteiger partial charge on any atom is -0.331 e. The number of rotatable bonds is 7. The zero-order valence-electron chi connectivity index (χ0n) is 9.55. The van der Waals surface area contributed by atoms with E-state index >= 15 is 0 Å². The summed E-state index contributed by atoms with van der Waals surface area (Å²) >= 11 is 0. The molecule has 0 heterocycles. The fraction of sp³-hybridized carbons (Fsp3) is 1.00. The van der Waals surface area contributed by atoms with Crippen LogP contribution in [-0.2, 0) is 0 Å². The lowest BCUT2D eigenvalue weighted by atomic mass is 9.96. The monoisotopic (exact) mass is 306 g/mol. The number of halogens is 9. The Kier molecular flexibility index (Phi) is 5.18. The zero-order chi connectivity index (χ0) is 15.7. The molecule has 0 aliphatic carbocycles. The van der Waals surface area contributed by atoms with E-state index in [0.29, 0.717) is 0 Å². The molecule has 1 nitrogen and oxygen atoms in total. The molecule has 0 saturated carbocycles. The maximum Gasteiger partial charge on any atom is 0.423 e. The summed E-state index contributed by atoms with van der Waals surface area (Å²) in [6.07, 6.45) is -11.6. The molecule has 0 aromatic heterocycles. The van der Waals surface area contributed by atoms with Gasteiger partial charge in [0.2, 0.25) is 0 Å². The Balaban J connectivity index is 5.38. The van der Waals surface area contributed by atoms with E-state index in [2.05, 4.69) is 0 Å². The van der Waals surface area contributed by atoms with Gasteiger partial charge in [0.25, 0.3) is 0 Å². The van der Waals surface area contributed by atoms with Gasteiger partial charge in [0.05, 0.1) is 0 Å². The molecule has 19 heavy (non-hydrogen) atoms. The van der Waals surface area contributed by atoms with Crippen LogP contribution in [0.15, 0.2) is 0 Å². The highest BCUT2D eigenvalue weighted by Crippen LogP contribution is 2.53. The Morgan fingerprint density at radius 2 is 1.32 bits per heavy atom. The molecule has 1 N–H and O–H groups in total. The summed E-state index contributed by atoms with van der Waals surface area (Å²) in [5, 5.41) is 7.58. The first kappa shape index (κ1) is 18.3. The first-order valence-corrected chi connectivity index (χ1v) is 5.11. The number of alkyl halides is 9. The van der Waals surface area contributed by atoms with Gasteiger partial charge >= 0.3 is 23.9 Å². The van der Waals surface area contributed by atoms with Crippen LogP contribution in [0.3, 0.4) is 0 Å². The third-order valence-corrected chi connectivity index (χ3v) is 2.40. The average Bonchev–Trinajstić information content (AvgIpc) is 2.23. The van der Waals surface area contributed by atoms with Gasteiger partial charge in [-0.2, -0.15) is 35.1 Å². The van der Waals surface area contributed by atoms with Gasteiger partial charge in [-0.25, -0.2) is 4.39 Å². The van der Waals surface area contributed by atoms with E-state index in [1.807, 2.05) is 0 Å². The second-order valence-electron chi connectivity index (χ2n) is 3.92. The van der Waals surface area contributed by atoms with Crippen molar-refractivity contribution in [3.05, 3.63) is 0 Å². The van der Waals surface area contributed by atoms with Gasteiger partial charge in [-0.05, 0) is 6.42 Å². The molecule has 0 fully saturated rings. The Morgan fingerprint density at radius 1 is 0.895 bits per heavy atom. The summed E-state index contributed by atoms with van der Waals surface area (Å²) in [4.78, 5) is 0. The molecular weight excluding hydrogens is 295 g/mol. The van der Waals surface area contributed by atoms with Crippen molar-refractivity contribution in [3.63, 3.8) is 0 Å². The van der Waals surface area contributed by atoms with Crippen molar-refractivity contribution in [1.29, 1.82) is 0 Å². The van der Waals surface area contributed by atoms with E-state index in [0.717, 1.165) is 0 Å².